The molecule has 80 valence electrons. The Kier molecular flexibility index (Phi) is 3.98. The van der Waals surface area contributed by atoms with Crippen LogP contribution in [0.3, 0.4) is 0 Å². The fraction of sp³-hybridized carbons (Fsp3) is 0.727. The van der Waals surface area contributed by atoms with Crippen molar-refractivity contribution in [3.8, 4) is 0 Å². The summed E-state index contributed by atoms with van der Waals surface area (Å²) in [7, 11) is 0. The average molecular weight is 197 g/mol. The van der Waals surface area contributed by atoms with E-state index in [0.717, 1.165) is 18.4 Å². The number of rotatable bonds is 3. The molecule has 1 aliphatic carbocycles. The van der Waals surface area contributed by atoms with E-state index in [4.69, 9.17) is 5.11 Å². The van der Waals surface area contributed by atoms with E-state index in [0.29, 0.717) is 12.0 Å². The molecular weight excluding hydrogens is 178 g/mol. The molecule has 14 heavy (non-hydrogen) atoms. The van der Waals surface area contributed by atoms with Gasteiger partial charge >= 0.3 is 5.97 Å². The van der Waals surface area contributed by atoms with Gasteiger partial charge < -0.3 is 10.4 Å². The van der Waals surface area contributed by atoms with E-state index < -0.39 is 5.97 Å². The quantitative estimate of drug-likeness (QED) is 0.680. The monoisotopic (exact) mass is 197 g/mol. The van der Waals surface area contributed by atoms with Crippen molar-refractivity contribution in [3.05, 3.63) is 12.3 Å². The van der Waals surface area contributed by atoms with Crippen LogP contribution in [0.2, 0.25) is 0 Å². The minimum absolute atomic E-state index is 0.446. The van der Waals surface area contributed by atoms with Gasteiger partial charge in [0.05, 0.1) is 0 Å². The number of hydrogen-bond acceptors (Lipinski definition) is 2. The van der Waals surface area contributed by atoms with Crippen molar-refractivity contribution in [3.63, 3.8) is 0 Å². The molecule has 1 saturated carbocycles. The fourth-order valence-electron chi connectivity index (χ4n) is 2.16. The molecule has 0 amide bonds. The van der Waals surface area contributed by atoms with Gasteiger partial charge in [0.15, 0.2) is 0 Å². The van der Waals surface area contributed by atoms with Gasteiger partial charge in [-0.3, -0.25) is 0 Å². The lowest BCUT2D eigenvalue weighted by molar-refractivity contribution is -0.131. The lowest BCUT2D eigenvalue weighted by Gasteiger charge is -2.32. The molecule has 2 N–H and O–H groups in total. The third-order valence-corrected chi connectivity index (χ3v) is 2.97. The molecule has 3 nitrogen and oxygen atoms in total. The lowest BCUT2D eigenvalue weighted by Crippen LogP contribution is -2.36. The summed E-state index contributed by atoms with van der Waals surface area (Å²) >= 11 is 0. The summed E-state index contributed by atoms with van der Waals surface area (Å²) in [5.41, 5.74) is 0. The van der Waals surface area contributed by atoms with E-state index in [1.54, 1.807) is 6.20 Å². The highest BCUT2D eigenvalue weighted by Crippen LogP contribution is 2.28. The van der Waals surface area contributed by atoms with Crippen LogP contribution in [0, 0.1) is 11.8 Å². The van der Waals surface area contributed by atoms with Crippen molar-refractivity contribution >= 4 is 5.97 Å². The maximum atomic E-state index is 10.2. The first kappa shape index (κ1) is 11.1. The summed E-state index contributed by atoms with van der Waals surface area (Å²) in [5.74, 6) is 0.554. The standard InChI is InChI=1S/C11H19NO2/c1-8-3-4-10(9(2)7-8)12-6-5-11(13)14/h5-6,8-10,12H,3-4,7H2,1-2H3,(H,13,14)/b6-5+. The Morgan fingerprint density at radius 3 is 2.71 bits per heavy atom. The summed E-state index contributed by atoms with van der Waals surface area (Å²) in [6.07, 6.45) is 6.33. The van der Waals surface area contributed by atoms with Crippen LogP contribution in [0.5, 0.6) is 0 Å². The van der Waals surface area contributed by atoms with Crippen molar-refractivity contribution in [2.45, 2.75) is 39.2 Å². The van der Waals surface area contributed by atoms with E-state index >= 15 is 0 Å². The number of carboxylic acids is 1. The van der Waals surface area contributed by atoms with Crippen molar-refractivity contribution in [1.82, 2.24) is 5.32 Å². The van der Waals surface area contributed by atoms with Crippen LogP contribution in [-0.4, -0.2) is 17.1 Å². The summed E-state index contributed by atoms with van der Waals surface area (Å²) in [6.45, 7) is 4.50. The molecule has 0 aromatic carbocycles. The minimum atomic E-state index is -0.894. The molecule has 0 bridgehead atoms. The van der Waals surface area contributed by atoms with Gasteiger partial charge in [0.25, 0.3) is 0 Å². The van der Waals surface area contributed by atoms with Gasteiger partial charge in [-0.2, -0.15) is 0 Å². The van der Waals surface area contributed by atoms with Crippen LogP contribution in [0.4, 0.5) is 0 Å². The maximum absolute atomic E-state index is 10.2. The van der Waals surface area contributed by atoms with E-state index in [1.807, 2.05) is 0 Å². The van der Waals surface area contributed by atoms with E-state index in [2.05, 4.69) is 19.2 Å². The molecule has 0 aromatic heterocycles. The van der Waals surface area contributed by atoms with Crippen molar-refractivity contribution < 1.29 is 9.90 Å². The molecule has 0 aliphatic heterocycles. The molecule has 1 aliphatic rings. The van der Waals surface area contributed by atoms with Gasteiger partial charge in [0, 0.05) is 18.3 Å². The summed E-state index contributed by atoms with van der Waals surface area (Å²) in [4.78, 5) is 10.2. The Labute approximate surface area is 85.2 Å². The molecule has 1 rings (SSSR count). The Hall–Kier alpha value is -0.990. The van der Waals surface area contributed by atoms with Crippen molar-refractivity contribution in [2.75, 3.05) is 0 Å². The molecule has 0 radical (unpaired) electrons. The molecule has 0 saturated heterocycles. The smallest absolute Gasteiger partial charge is 0.329 e. The van der Waals surface area contributed by atoms with Crippen molar-refractivity contribution in [1.29, 1.82) is 0 Å². The topological polar surface area (TPSA) is 49.3 Å². The van der Waals surface area contributed by atoms with Gasteiger partial charge in [0.1, 0.15) is 0 Å². The number of aliphatic carboxylic acids is 1. The highest BCUT2D eigenvalue weighted by Gasteiger charge is 2.23. The first-order valence-corrected chi connectivity index (χ1v) is 5.25. The second-order valence-electron chi connectivity index (χ2n) is 4.34. The largest absolute Gasteiger partial charge is 0.478 e. The van der Waals surface area contributed by atoms with Gasteiger partial charge in [-0.05, 0) is 31.1 Å². The number of carbonyl (C=O) groups is 1. The van der Waals surface area contributed by atoms with Gasteiger partial charge in [0.2, 0.25) is 0 Å². The van der Waals surface area contributed by atoms with E-state index in [9.17, 15) is 4.79 Å². The number of hydrogen-bond donors (Lipinski definition) is 2. The molecule has 0 heterocycles. The third kappa shape index (κ3) is 3.40. The minimum Gasteiger partial charge on any atom is -0.478 e. The predicted molar refractivity (Wildman–Crippen MR) is 55.9 cm³/mol. The Balaban J connectivity index is 2.34. The van der Waals surface area contributed by atoms with Crippen LogP contribution in [0.1, 0.15) is 33.1 Å². The van der Waals surface area contributed by atoms with Gasteiger partial charge in [-0.15, -0.1) is 0 Å². The average Bonchev–Trinajstić information content (AvgIpc) is 2.08. The van der Waals surface area contributed by atoms with Crippen LogP contribution in [-0.2, 0) is 4.79 Å². The van der Waals surface area contributed by atoms with E-state index in [-0.39, 0.29) is 0 Å². The lowest BCUT2D eigenvalue weighted by atomic mass is 9.80. The molecule has 0 spiro atoms. The highest BCUT2D eigenvalue weighted by atomic mass is 16.4. The normalized spacial score (nSPS) is 33.1. The van der Waals surface area contributed by atoms with Crippen LogP contribution < -0.4 is 5.32 Å². The molecule has 3 heteroatoms. The fourth-order valence-corrected chi connectivity index (χ4v) is 2.16. The maximum Gasteiger partial charge on any atom is 0.329 e. The van der Waals surface area contributed by atoms with E-state index in [1.165, 1.54) is 12.8 Å². The molecule has 3 unspecified atom stereocenters. The molecule has 1 fully saturated rings. The SMILES string of the molecule is CC1CCC(N/C=C/C(=O)O)C(C)C1. The number of carboxylic acid groups (broad SMARTS) is 1. The Morgan fingerprint density at radius 1 is 1.43 bits per heavy atom. The predicted octanol–water partition coefficient (Wildman–Crippen LogP) is 2.00. The van der Waals surface area contributed by atoms with Gasteiger partial charge in [-0.25, -0.2) is 4.79 Å². The second-order valence-corrected chi connectivity index (χ2v) is 4.34. The third-order valence-electron chi connectivity index (χ3n) is 2.97. The van der Waals surface area contributed by atoms with Crippen LogP contribution in [0.15, 0.2) is 12.3 Å². The van der Waals surface area contributed by atoms with Crippen LogP contribution >= 0.6 is 0 Å². The van der Waals surface area contributed by atoms with Gasteiger partial charge in [-0.1, -0.05) is 13.8 Å². The van der Waals surface area contributed by atoms with Crippen molar-refractivity contribution in [2.24, 2.45) is 11.8 Å². The zero-order valence-corrected chi connectivity index (χ0v) is 8.86. The Bertz CT molecular complexity index is 225. The molecule has 0 aromatic rings. The molecule has 3 atom stereocenters. The van der Waals surface area contributed by atoms with Crippen LogP contribution in [0.25, 0.3) is 0 Å². The number of nitrogens with one attached hydrogen (secondary N) is 1. The first-order chi connectivity index (χ1) is 6.59. The first-order valence-electron chi connectivity index (χ1n) is 5.25. The summed E-state index contributed by atoms with van der Waals surface area (Å²) in [6, 6.07) is 0.446. The Morgan fingerprint density at radius 2 is 2.14 bits per heavy atom. The highest BCUT2D eigenvalue weighted by molar-refractivity contribution is 5.79. The second kappa shape index (κ2) is 5.03. The summed E-state index contributed by atoms with van der Waals surface area (Å²) < 4.78 is 0. The summed E-state index contributed by atoms with van der Waals surface area (Å²) in [5, 5.41) is 11.6. The zero-order chi connectivity index (χ0) is 10.6. The molecular formula is C11H19NO2. The zero-order valence-electron chi connectivity index (χ0n) is 8.86.